The Balaban J connectivity index is 2.43. The third kappa shape index (κ3) is 3.94. The second kappa shape index (κ2) is 8.62. The van der Waals surface area contributed by atoms with Gasteiger partial charge in [-0.1, -0.05) is 12.0 Å². The van der Waals surface area contributed by atoms with Gasteiger partial charge in [-0.2, -0.15) is 0 Å². The zero-order chi connectivity index (χ0) is 19.3. The van der Waals surface area contributed by atoms with Crippen molar-refractivity contribution < 1.29 is 14.3 Å². The molecule has 0 saturated heterocycles. The van der Waals surface area contributed by atoms with Crippen molar-refractivity contribution >= 4 is 17.8 Å². The largest absolute Gasteiger partial charge is 0.496 e. The van der Waals surface area contributed by atoms with Crippen molar-refractivity contribution in [2.45, 2.75) is 46.5 Å². The van der Waals surface area contributed by atoms with Crippen LogP contribution in [0.15, 0.2) is 28.9 Å². The molecule has 0 radical (unpaired) electrons. The molecule has 26 heavy (non-hydrogen) atoms. The smallest absolute Gasteiger partial charge is 0.148 e. The van der Waals surface area contributed by atoms with E-state index in [9.17, 15) is 9.59 Å². The van der Waals surface area contributed by atoms with E-state index in [1.807, 2.05) is 32.9 Å². The fraction of sp³-hybridized carbons (Fsp3) is 0.409. The summed E-state index contributed by atoms with van der Waals surface area (Å²) in [6, 6.07) is 3.70. The van der Waals surface area contributed by atoms with Crippen LogP contribution in [0, 0.1) is 24.7 Å². The standard InChI is InChI=1S/C22H25NO3/c1-6-9-15-10-14(4)21(20(11-15)26-5)22-18(24)12-16(13-19(22)25)17(7-2)23-8-3/h7-8,10-11,16,22H,12-13H2,1-5H3/b17-7-,23-8?. The first-order chi connectivity index (χ1) is 12.5. The number of carbonyl (C=O) groups excluding carboxylic acids is 2. The SMILES string of the molecule is CC#Cc1cc(C)c(C2C(=O)CC(/C(=C/C)N=CC)CC2=O)c(OC)c1. The Morgan fingerprint density at radius 1 is 1.23 bits per heavy atom. The lowest BCUT2D eigenvalue weighted by atomic mass is 9.74. The highest BCUT2D eigenvalue weighted by Crippen LogP contribution is 2.39. The Labute approximate surface area is 155 Å². The fourth-order valence-electron chi connectivity index (χ4n) is 3.59. The van der Waals surface area contributed by atoms with Gasteiger partial charge in [-0.3, -0.25) is 14.6 Å². The van der Waals surface area contributed by atoms with Crippen molar-refractivity contribution in [3.05, 3.63) is 40.6 Å². The zero-order valence-corrected chi connectivity index (χ0v) is 16.1. The summed E-state index contributed by atoms with van der Waals surface area (Å²) >= 11 is 0. The number of Topliss-reactive ketones (excluding diaryl/α,β-unsaturated/α-hetero) is 2. The first-order valence-corrected chi connectivity index (χ1v) is 8.78. The van der Waals surface area contributed by atoms with Gasteiger partial charge in [0.1, 0.15) is 23.2 Å². The molecule has 1 aromatic rings. The Morgan fingerprint density at radius 3 is 2.38 bits per heavy atom. The molecule has 0 heterocycles. The van der Waals surface area contributed by atoms with E-state index in [-0.39, 0.29) is 17.5 Å². The highest BCUT2D eigenvalue weighted by molar-refractivity contribution is 6.10. The second-order valence-electron chi connectivity index (χ2n) is 6.36. The van der Waals surface area contributed by atoms with Gasteiger partial charge in [0.25, 0.3) is 0 Å². The molecule has 1 fully saturated rings. The van der Waals surface area contributed by atoms with Gasteiger partial charge in [0, 0.05) is 41.8 Å². The number of nitrogens with zero attached hydrogens (tertiary/aromatic N) is 1. The van der Waals surface area contributed by atoms with Crippen LogP contribution in [0.25, 0.3) is 0 Å². The number of hydrogen-bond acceptors (Lipinski definition) is 4. The molecule has 0 N–H and O–H groups in total. The maximum atomic E-state index is 12.9. The predicted molar refractivity (Wildman–Crippen MR) is 104 cm³/mol. The van der Waals surface area contributed by atoms with E-state index in [4.69, 9.17) is 4.74 Å². The van der Waals surface area contributed by atoms with E-state index < -0.39 is 5.92 Å². The van der Waals surface area contributed by atoms with E-state index >= 15 is 0 Å². The van der Waals surface area contributed by atoms with E-state index in [1.54, 1.807) is 26.3 Å². The summed E-state index contributed by atoms with van der Waals surface area (Å²) in [5.74, 6) is 5.33. The van der Waals surface area contributed by atoms with Gasteiger partial charge in [0.05, 0.1) is 7.11 Å². The summed E-state index contributed by atoms with van der Waals surface area (Å²) in [7, 11) is 1.55. The van der Waals surface area contributed by atoms with E-state index in [2.05, 4.69) is 16.8 Å². The summed E-state index contributed by atoms with van der Waals surface area (Å²) in [6.45, 7) is 7.36. The minimum absolute atomic E-state index is 0.0763. The Hall–Kier alpha value is -2.67. The number of rotatable bonds is 4. The number of ether oxygens (including phenoxy) is 1. The van der Waals surface area contributed by atoms with Gasteiger partial charge in [-0.05, 0) is 45.4 Å². The number of methoxy groups -OCH3 is 1. The average Bonchev–Trinajstić information content (AvgIpc) is 2.60. The molecular formula is C22H25NO3. The van der Waals surface area contributed by atoms with Crippen LogP contribution >= 0.6 is 0 Å². The molecular weight excluding hydrogens is 326 g/mol. The van der Waals surface area contributed by atoms with Gasteiger partial charge in [-0.25, -0.2) is 0 Å². The Kier molecular flexibility index (Phi) is 6.52. The highest BCUT2D eigenvalue weighted by Gasteiger charge is 2.39. The van der Waals surface area contributed by atoms with Gasteiger partial charge in [-0.15, -0.1) is 5.92 Å². The van der Waals surface area contributed by atoms with Crippen LogP contribution in [0.3, 0.4) is 0 Å². The summed E-state index contributed by atoms with van der Waals surface area (Å²) < 4.78 is 5.49. The quantitative estimate of drug-likeness (QED) is 0.468. The van der Waals surface area contributed by atoms with Gasteiger partial charge >= 0.3 is 0 Å². The van der Waals surface area contributed by atoms with E-state index in [1.165, 1.54) is 0 Å². The molecule has 0 atom stereocenters. The molecule has 4 nitrogen and oxygen atoms in total. The minimum Gasteiger partial charge on any atom is -0.496 e. The fourth-order valence-corrected chi connectivity index (χ4v) is 3.59. The van der Waals surface area contributed by atoms with Crippen molar-refractivity contribution in [1.29, 1.82) is 0 Å². The van der Waals surface area contributed by atoms with Crippen LogP contribution < -0.4 is 4.74 Å². The van der Waals surface area contributed by atoms with Crippen molar-refractivity contribution in [3.63, 3.8) is 0 Å². The van der Waals surface area contributed by atoms with Crippen LogP contribution in [0.4, 0.5) is 0 Å². The van der Waals surface area contributed by atoms with Crippen LogP contribution in [-0.2, 0) is 9.59 Å². The molecule has 136 valence electrons. The molecule has 2 rings (SSSR count). The van der Waals surface area contributed by atoms with Gasteiger partial charge in [0.2, 0.25) is 0 Å². The van der Waals surface area contributed by atoms with Crippen LogP contribution in [0.1, 0.15) is 56.2 Å². The Morgan fingerprint density at radius 2 is 1.88 bits per heavy atom. The van der Waals surface area contributed by atoms with Gasteiger partial charge < -0.3 is 4.74 Å². The second-order valence-corrected chi connectivity index (χ2v) is 6.36. The van der Waals surface area contributed by atoms with Crippen LogP contribution in [0.2, 0.25) is 0 Å². The maximum Gasteiger partial charge on any atom is 0.148 e. The van der Waals surface area contributed by atoms with Crippen LogP contribution in [-0.4, -0.2) is 24.9 Å². The zero-order valence-electron chi connectivity index (χ0n) is 16.1. The number of allylic oxidation sites excluding steroid dienone is 2. The summed E-state index contributed by atoms with van der Waals surface area (Å²) in [5, 5.41) is 0. The van der Waals surface area contributed by atoms with Crippen molar-refractivity contribution in [3.8, 4) is 17.6 Å². The molecule has 1 aromatic carbocycles. The van der Waals surface area contributed by atoms with Crippen molar-refractivity contribution in [2.24, 2.45) is 10.9 Å². The van der Waals surface area contributed by atoms with Crippen molar-refractivity contribution in [1.82, 2.24) is 0 Å². The average molecular weight is 351 g/mol. The third-order valence-corrected chi connectivity index (χ3v) is 4.66. The number of aryl methyl sites for hydroxylation is 1. The van der Waals surface area contributed by atoms with E-state index in [0.29, 0.717) is 24.2 Å². The van der Waals surface area contributed by atoms with Gasteiger partial charge in [0.15, 0.2) is 0 Å². The van der Waals surface area contributed by atoms with E-state index in [0.717, 1.165) is 16.8 Å². The molecule has 1 saturated carbocycles. The predicted octanol–water partition coefficient (Wildman–Crippen LogP) is 4.00. The molecule has 1 aliphatic carbocycles. The highest BCUT2D eigenvalue weighted by atomic mass is 16.5. The molecule has 0 amide bonds. The molecule has 0 aromatic heterocycles. The lowest BCUT2D eigenvalue weighted by Crippen LogP contribution is -2.33. The van der Waals surface area contributed by atoms with Crippen molar-refractivity contribution in [2.75, 3.05) is 7.11 Å². The number of benzene rings is 1. The summed E-state index contributed by atoms with van der Waals surface area (Å²) in [5.41, 5.74) is 3.13. The molecule has 0 aliphatic heterocycles. The Bertz CT molecular complexity index is 819. The maximum absolute atomic E-state index is 12.9. The summed E-state index contributed by atoms with van der Waals surface area (Å²) in [6.07, 6.45) is 4.19. The monoisotopic (exact) mass is 351 g/mol. The molecule has 0 spiro atoms. The first-order valence-electron chi connectivity index (χ1n) is 8.78. The number of aliphatic imine (C=N–C) groups is 1. The number of carbonyl (C=O) groups is 2. The lowest BCUT2D eigenvalue weighted by molar-refractivity contribution is -0.133. The molecule has 4 heteroatoms. The first kappa shape index (κ1) is 19.7. The summed E-state index contributed by atoms with van der Waals surface area (Å²) in [4.78, 5) is 30.1. The number of hydrogen-bond donors (Lipinski definition) is 0. The number of ketones is 2. The minimum atomic E-state index is -0.770. The normalized spacial score (nSPS) is 20.9. The topological polar surface area (TPSA) is 55.7 Å². The lowest BCUT2D eigenvalue weighted by Gasteiger charge is -2.28. The molecule has 1 aliphatic rings. The molecule has 0 unspecified atom stereocenters. The molecule has 0 bridgehead atoms. The van der Waals surface area contributed by atoms with Crippen LogP contribution in [0.5, 0.6) is 5.75 Å². The third-order valence-electron chi connectivity index (χ3n) is 4.66.